The Kier molecular flexibility index (Phi) is 8.46. The Morgan fingerprint density at radius 1 is 1.16 bits per heavy atom. The normalized spacial score (nSPS) is 20.3. The van der Waals surface area contributed by atoms with Gasteiger partial charge in [0, 0.05) is 19.3 Å². The molecule has 0 spiro atoms. The molecule has 2 unspecified atom stereocenters. The Balaban J connectivity index is 1.67. The third-order valence-electron chi connectivity index (χ3n) is 7.22. The van der Waals surface area contributed by atoms with E-state index < -0.39 is 36.6 Å². The van der Waals surface area contributed by atoms with E-state index in [1.54, 1.807) is 17.7 Å². The molecule has 0 saturated carbocycles. The summed E-state index contributed by atoms with van der Waals surface area (Å²) >= 11 is 0. The lowest BCUT2D eigenvalue weighted by Gasteiger charge is -2.43. The van der Waals surface area contributed by atoms with Gasteiger partial charge in [-0.15, -0.1) is 0 Å². The number of piperidine rings is 1. The van der Waals surface area contributed by atoms with Crippen LogP contribution < -0.4 is 9.50 Å². The third-order valence-corrected chi connectivity index (χ3v) is 10.3. The SMILES string of the molecule is CCCN(C1CCc2ccc(OS(=O)(=O)C(F)(F)F)cc2C1)C(C1CCNCC1)S(=O)(=O)c1cn(C)cn1. The summed E-state index contributed by atoms with van der Waals surface area (Å²) in [5.41, 5.74) is -4.01. The van der Waals surface area contributed by atoms with Crippen LogP contribution >= 0.6 is 0 Å². The predicted octanol–water partition coefficient (Wildman–Crippen LogP) is 3.02. The fraction of sp³-hybridized carbons (Fsp3) is 0.625. The first-order valence-corrected chi connectivity index (χ1v) is 15.6. The maximum atomic E-state index is 14.0. The minimum atomic E-state index is -5.80. The number of rotatable bonds is 9. The van der Waals surface area contributed by atoms with Gasteiger partial charge in [0.05, 0.1) is 6.33 Å². The van der Waals surface area contributed by atoms with Crippen LogP contribution in [0.25, 0.3) is 0 Å². The number of hydrogen-bond acceptors (Lipinski definition) is 8. The molecule has 0 amide bonds. The first-order chi connectivity index (χ1) is 17.8. The molecule has 4 rings (SSSR count). The number of benzene rings is 1. The highest BCUT2D eigenvalue weighted by Gasteiger charge is 2.49. The number of sulfone groups is 1. The number of alkyl halides is 3. The number of nitrogens with one attached hydrogen (secondary N) is 1. The lowest BCUT2D eigenvalue weighted by atomic mass is 9.86. The minimum Gasteiger partial charge on any atom is -0.376 e. The van der Waals surface area contributed by atoms with Crippen LogP contribution in [-0.4, -0.2) is 67.8 Å². The Labute approximate surface area is 221 Å². The van der Waals surface area contributed by atoms with Gasteiger partial charge in [0.25, 0.3) is 0 Å². The summed E-state index contributed by atoms with van der Waals surface area (Å²) in [6.45, 7) is 3.91. The van der Waals surface area contributed by atoms with Crippen LogP contribution in [0.4, 0.5) is 13.2 Å². The van der Waals surface area contributed by atoms with Crippen LogP contribution in [0.1, 0.15) is 43.7 Å². The highest BCUT2D eigenvalue weighted by Crippen LogP contribution is 2.36. The lowest BCUT2D eigenvalue weighted by Crippen LogP contribution is -2.54. The Morgan fingerprint density at radius 2 is 1.87 bits per heavy atom. The van der Waals surface area contributed by atoms with Crippen molar-refractivity contribution in [3.8, 4) is 5.75 Å². The molecule has 9 nitrogen and oxygen atoms in total. The summed E-state index contributed by atoms with van der Waals surface area (Å²) in [4.78, 5) is 6.19. The quantitative estimate of drug-likeness (QED) is 0.357. The van der Waals surface area contributed by atoms with E-state index >= 15 is 0 Å². The molecule has 14 heteroatoms. The molecule has 1 aliphatic carbocycles. The molecule has 1 aliphatic heterocycles. The summed E-state index contributed by atoms with van der Waals surface area (Å²) < 4.78 is 95.6. The van der Waals surface area contributed by atoms with Crippen molar-refractivity contribution >= 4 is 20.0 Å². The van der Waals surface area contributed by atoms with Gasteiger partial charge < -0.3 is 14.1 Å². The second-order valence-corrected chi connectivity index (χ2v) is 13.5. The van der Waals surface area contributed by atoms with Crippen molar-refractivity contribution < 1.29 is 34.2 Å². The van der Waals surface area contributed by atoms with Crippen LogP contribution in [0.2, 0.25) is 0 Å². The first kappa shape index (κ1) is 28.8. The van der Waals surface area contributed by atoms with Crippen molar-refractivity contribution in [1.82, 2.24) is 19.8 Å². The predicted molar refractivity (Wildman–Crippen MR) is 135 cm³/mol. The highest BCUT2D eigenvalue weighted by atomic mass is 32.2. The van der Waals surface area contributed by atoms with E-state index in [2.05, 4.69) is 14.5 Å². The molecule has 1 N–H and O–H groups in total. The fourth-order valence-electron chi connectivity index (χ4n) is 5.49. The zero-order chi connectivity index (χ0) is 27.7. The van der Waals surface area contributed by atoms with Gasteiger partial charge in [-0.2, -0.15) is 21.6 Å². The van der Waals surface area contributed by atoms with E-state index in [-0.39, 0.29) is 17.0 Å². The van der Waals surface area contributed by atoms with E-state index in [0.717, 1.165) is 5.56 Å². The lowest BCUT2D eigenvalue weighted by molar-refractivity contribution is -0.0500. The second kappa shape index (κ2) is 11.1. The molecule has 1 saturated heterocycles. The standard InChI is InChI=1S/C24H33F3N4O5S2/c1-3-12-31(23(18-8-10-28-11-9-18)37(32,33)22-15-30(2)16-29-22)20-6-4-17-5-7-21(14-19(17)13-20)36-38(34,35)24(25,26)27/h5,7,14-16,18,20,23,28H,3-4,6,8-13H2,1-2H3. The third kappa shape index (κ3) is 6.02. The molecular formula is C24H33F3N4O5S2. The van der Waals surface area contributed by atoms with Crippen LogP contribution in [0, 0.1) is 5.92 Å². The Morgan fingerprint density at radius 3 is 2.47 bits per heavy atom. The molecular weight excluding hydrogens is 545 g/mol. The maximum Gasteiger partial charge on any atom is 0.534 e. The molecule has 2 atom stereocenters. The smallest absolute Gasteiger partial charge is 0.376 e. The molecule has 2 aromatic rings. The molecule has 2 heterocycles. The molecule has 2 aliphatic rings. The topological polar surface area (TPSA) is 111 Å². The number of hydrogen-bond donors (Lipinski definition) is 1. The average molecular weight is 579 g/mol. The van der Waals surface area contributed by atoms with Gasteiger partial charge in [-0.3, -0.25) is 4.90 Å². The van der Waals surface area contributed by atoms with Gasteiger partial charge in [-0.1, -0.05) is 13.0 Å². The van der Waals surface area contributed by atoms with Gasteiger partial charge >= 0.3 is 15.6 Å². The van der Waals surface area contributed by atoms with Crippen molar-refractivity contribution in [3.63, 3.8) is 0 Å². The van der Waals surface area contributed by atoms with Gasteiger partial charge in [-0.25, -0.2) is 13.4 Å². The number of aryl methyl sites for hydroxylation is 2. The number of nitrogens with zero attached hydrogens (tertiary/aromatic N) is 3. The molecule has 1 aromatic carbocycles. The summed E-state index contributed by atoms with van der Waals surface area (Å²) in [6.07, 6.45) is 6.65. The van der Waals surface area contributed by atoms with Crippen molar-refractivity contribution in [3.05, 3.63) is 41.9 Å². The van der Waals surface area contributed by atoms with Crippen molar-refractivity contribution in [2.45, 2.75) is 67.4 Å². The van der Waals surface area contributed by atoms with E-state index in [9.17, 15) is 30.0 Å². The van der Waals surface area contributed by atoms with Crippen LogP contribution in [-0.2, 0) is 39.8 Å². The zero-order valence-electron chi connectivity index (χ0n) is 21.3. The minimum absolute atomic E-state index is 0.0221. The van der Waals surface area contributed by atoms with E-state index in [0.29, 0.717) is 63.7 Å². The zero-order valence-corrected chi connectivity index (χ0v) is 22.9. The highest BCUT2D eigenvalue weighted by molar-refractivity contribution is 7.92. The van der Waals surface area contributed by atoms with E-state index in [1.807, 2.05) is 11.8 Å². The molecule has 0 radical (unpaired) electrons. The molecule has 1 fully saturated rings. The summed E-state index contributed by atoms with van der Waals surface area (Å²) in [6, 6.07) is 3.90. The second-order valence-electron chi connectivity index (χ2n) is 9.95. The van der Waals surface area contributed by atoms with Crippen LogP contribution in [0.5, 0.6) is 5.75 Å². The maximum absolute atomic E-state index is 14.0. The van der Waals surface area contributed by atoms with Crippen LogP contribution in [0.3, 0.4) is 0 Å². The molecule has 0 bridgehead atoms. The summed E-state index contributed by atoms with van der Waals surface area (Å²) in [5, 5.41) is 2.50. The van der Waals surface area contributed by atoms with Crippen LogP contribution in [0.15, 0.2) is 35.7 Å². The number of imidazole rings is 1. The fourth-order valence-corrected chi connectivity index (χ4v) is 8.11. The largest absolute Gasteiger partial charge is 0.534 e. The van der Waals surface area contributed by atoms with Gasteiger partial charge in [0.1, 0.15) is 11.1 Å². The Hall–Kier alpha value is -2.16. The molecule has 212 valence electrons. The first-order valence-electron chi connectivity index (χ1n) is 12.6. The van der Waals surface area contributed by atoms with E-state index in [1.165, 1.54) is 24.7 Å². The van der Waals surface area contributed by atoms with Gasteiger partial charge in [0.2, 0.25) is 9.84 Å². The van der Waals surface area contributed by atoms with E-state index in [4.69, 9.17) is 0 Å². The molecule has 1 aromatic heterocycles. The number of aromatic nitrogens is 2. The monoisotopic (exact) mass is 578 g/mol. The number of fused-ring (bicyclic) bond motifs is 1. The van der Waals surface area contributed by atoms with Crippen molar-refractivity contribution in [1.29, 1.82) is 0 Å². The Bertz CT molecular complexity index is 1340. The van der Waals surface area contributed by atoms with Crippen molar-refractivity contribution in [2.75, 3.05) is 19.6 Å². The summed E-state index contributed by atoms with van der Waals surface area (Å²) in [7, 11) is -7.92. The average Bonchev–Trinajstić information content (AvgIpc) is 3.30. The summed E-state index contributed by atoms with van der Waals surface area (Å²) in [5.74, 6) is -0.539. The van der Waals surface area contributed by atoms with Crippen molar-refractivity contribution in [2.24, 2.45) is 13.0 Å². The number of halogens is 3. The van der Waals surface area contributed by atoms with Gasteiger partial charge in [0.15, 0.2) is 5.03 Å². The molecule has 38 heavy (non-hydrogen) atoms. The van der Waals surface area contributed by atoms with Gasteiger partial charge in [-0.05, 0) is 87.3 Å².